The molecule has 0 spiro atoms. The lowest BCUT2D eigenvalue weighted by molar-refractivity contribution is 0.0948. The molecule has 1 amide bonds. The van der Waals surface area contributed by atoms with Crippen molar-refractivity contribution in [2.24, 2.45) is 5.92 Å². The van der Waals surface area contributed by atoms with E-state index >= 15 is 0 Å². The minimum Gasteiger partial charge on any atom is -0.350 e. The van der Waals surface area contributed by atoms with Gasteiger partial charge >= 0.3 is 0 Å². The molecule has 0 bridgehead atoms. The van der Waals surface area contributed by atoms with Crippen LogP contribution in [0.15, 0.2) is 18.5 Å². The number of hydrogen-bond acceptors (Lipinski definition) is 3. The summed E-state index contributed by atoms with van der Waals surface area (Å²) in [6.07, 6.45) is 9.55. The summed E-state index contributed by atoms with van der Waals surface area (Å²) in [6.45, 7) is 6.39. The van der Waals surface area contributed by atoms with Crippen LogP contribution in [0.3, 0.4) is 0 Å². The molecule has 1 saturated heterocycles. The molecule has 124 valence electrons. The number of hydrogen-bond donors (Lipinski definition) is 1. The highest BCUT2D eigenvalue weighted by Crippen LogP contribution is 2.38. The summed E-state index contributed by atoms with van der Waals surface area (Å²) in [4.78, 5) is 15.6. The molecule has 2 aromatic rings. The molecule has 0 radical (unpaired) electrons. The highest BCUT2D eigenvalue weighted by Gasteiger charge is 2.24. The Hall–Kier alpha value is -1.33. The number of rotatable bonds is 5. The van der Waals surface area contributed by atoms with Crippen LogP contribution in [0.4, 0.5) is 0 Å². The lowest BCUT2D eigenvalue weighted by atomic mass is 9.99. The summed E-state index contributed by atoms with van der Waals surface area (Å²) in [5.74, 6) is 0.937. The van der Waals surface area contributed by atoms with Gasteiger partial charge in [-0.05, 0) is 50.8 Å². The molecular weight excluding hydrogens is 306 g/mol. The first kappa shape index (κ1) is 15.2. The topological polar surface area (TPSA) is 37.3 Å². The van der Waals surface area contributed by atoms with Crippen LogP contribution in [-0.2, 0) is 0 Å². The predicted octanol–water partition coefficient (Wildman–Crippen LogP) is 3.50. The molecule has 0 unspecified atom stereocenters. The Balaban J connectivity index is 1.29. The van der Waals surface area contributed by atoms with Crippen molar-refractivity contribution < 1.29 is 4.79 Å². The van der Waals surface area contributed by atoms with Crippen LogP contribution in [0.25, 0.3) is 10.1 Å². The van der Waals surface area contributed by atoms with E-state index in [0.717, 1.165) is 23.9 Å². The van der Waals surface area contributed by atoms with E-state index in [-0.39, 0.29) is 5.91 Å². The van der Waals surface area contributed by atoms with Crippen LogP contribution >= 0.6 is 11.3 Å². The van der Waals surface area contributed by atoms with Gasteiger partial charge < -0.3 is 14.8 Å². The highest BCUT2D eigenvalue weighted by molar-refractivity contribution is 7.20. The largest absolute Gasteiger partial charge is 0.350 e. The van der Waals surface area contributed by atoms with E-state index < -0.39 is 0 Å². The third-order valence-corrected chi connectivity index (χ3v) is 6.21. The highest BCUT2D eigenvalue weighted by atomic mass is 32.1. The van der Waals surface area contributed by atoms with Crippen LogP contribution in [0.2, 0.25) is 0 Å². The molecule has 23 heavy (non-hydrogen) atoms. The molecular formula is C18H25N3OS. The van der Waals surface area contributed by atoms with Crippen molar-refractivity contribution in [3.8, 4) is 0 Å². The van der Waals surface area contributed by atoms with Crippen LogP contribution < -0.4 is 5.32 Å². The molecule has 0 atom stereocenters. The molecule has 1 aliphatic carbocycles. The summed E-state index contributed by atoms with van der Waals surface area (Å²) >= 11 is 1.61. The Morgan fingerprint density at radius 3 is 2.74 bits per heavy atom. The summed E-state index contributed by atoms with van der Waals surface area (Å²) in [6, 6.07) is 2.75. The van der Waals surface area contributed by atoms with Gasteiger partial charge in [-0.1, -0.05) is 6.92 Å². The van der Waals surface area contributed by atoms with E-state index in [2.05, 4.69) is 34.1 Å². The fraction of sp³-hybridized carbons (Fsp3) is 0.611. The number of piperidine rings is 1. The van der Waals surface area contributed by atoms with Gasteiger partial charge in [0.2, 0.25) is 0 Å². The van der Waals surface area contributed by atoms with Gasteiger partial charge in [0.25, 0.3) is 5.91 Å². The van der Waals surface area contributed by atoms with Gasteiger partial charge in [-0.3, -0.25) is 4.79 Å². The van der Waals surface area contributed by atoms with Crippen molar-refractivity contribution in [1.82, 2.24) is 14.8 Å². The second kappa shape index (κ2) is 6.29. The lowest BCUT2D eigenvalue weighted by Gasteiger charge is -2.30. The smallest absolute Gasteiger partial charge is 0.261 e. The summed E-state index contributed by atoms with van der Waals surface area (Å²) < 4.78 is 3.53. The number of thiophene rings is 1. The SMILES string of the molecule is CC1CCN(CCNC(=O)c2cc3cn(C4CC4)cc3s2)CC1. The average molecular weight is 331 g/mol. The van der Waals surface area contributed by atoms with Gasteiger partial charge in [-0.15, -0.1) is 11.3 Å². The van der Waals surface area contributed by atoms with E-state index in [1.165, 1.54) is 48.9 Å². The van der Waals surface area contributed by atoms with E-state index in [1.54, 1.807) is 11.3 Å². The van der Waals surface area contributed by atoms with Crippen molar-refractivity contribution in [3.63, 3.8) is 0 Å². The monoisotopic (exact) mass is 331 g/mol. The number of carbonyl (C=O) groups is 1. The molecule has 2 aliphatic rings. The second-order valence-electron chi connectivity index (χ2n) is 7.15. The summed E-state index contributed by atoms with van der Waals surface area (Å²) in [5, 5.41) is 4.29. The quantitative estimate of drug-likeness (QED) is 0.910. The van der Waals surface area contributed by atoms with Gasteiger partial charge in [0.05, 0.1) is 9.58 Å². The van der Waals surface area contributed by atoms with Gasteiger partial charge in [0.1, 0.15) is 0 Å². The lowest BCUT2D eigenvalue weighted by Crippen LogP contribution is -2.39. The van der Waals surface area contributed by atoms with Crippen molar-refractivity contribution in [1.29, 1.82) is 0 Å². The van der Waals surface area contributed by atoms with Crippen molar-refractivity contribution >= 4 is 27.3 Å². The van der Waals surface area contributed by atoms with E-state index in [9.17, 15) is 4.79 Å². The molecule has 0 aromatic carbocycles. The number of amides is 1. The zero-order chi connectivity index (χ0) is 15.8. The fourth-order valence-electron chi connectivity index (χ4n) is 3.35. The number of carbonyl (C=O) groups excluding carboxylic acids is 1. The Labute approximate surface area is 141 Å². The molecule has 3 heterocycles. The third kappa shape index (κ3) is 3.45. The molecule has 4 rings (SSSR count). The second-order valence-corrected chi connectivity index (χ2v) is 8.23. The van der Waals surface area contributed by atoms with Crippen molar-refractivity contribution in [3.05, 3.63) is 23.3 Å². The minimum atomic E-state index is 0.0783. The Kier molecular flexibility index (Phi) is 4.16. The maximum absolute atomic E-state index is 12.3. The molecule has 5 heteroatoms. The zero-order valence-corrected chi connectivity index (χ0v) is 14.6. The van der Waals surface area contributed by atoms with Crippen molar-refractivity contribution in [2.75, 3.05) is 26.2 Å². The number of fused-ring (bicyclic) bond motifs is 1. The van der Waals surface area contributed by atoms with Crippen LogP contribution in [0.1, 0.15) is 48.3 Å². The van der Waals surface area contributed by atoms with Gasteiger partial charge in [0, 0.05) is 36.9 Å². The third-order valence-electron chi connectivity index (χ3n) is 5.13. The molecule has 2 aromatic heterocycles. The maximum Gasteiger partial charge on any atom is 0.261 e. The number of nitrogens with zero attached hydrogens (tertiary/aromatic N) is 2. The van der Waals surface area contributed by atoms with Gasteiger partial charge in [-0.25, -0.2) is 0 Å². The standard InChI is InChI=1S/C18H25N3OS/c1-13-4-7-20(8-5-13)9-6-19-18(22)16-10-14-11-21(15-2-3-15)12-17(14)23-16/h10-13,15H,2-9H2,1H3,(H,19,22). The van der Waals surface area contributed by atoms with Crippen LogP contribution in [0.5, 0.6) is 0 Å². The van der Waals surface area contributed by atoms with Crippen molar-refractivity contribution in [2.45, 2.75) is 38.6 Å². The first-order chi connectivity index (χ1) is 11.2. The Morgan fingerprint density at radius 2 is 2.04 bits per heavy atom. The Bertz CT molecular complexity index is 661. The molecule has 1 aliphatic heterocycles. The van der Waals surface area contributed by atoms with E-state index in [4.69, 9.17) is 0 Å². The first-order valence-electron chi connectivity index (χ1n) is 8.80. The maximum atomic E-state index is 12.3. The van der Waals surface area contributed by atoms with E-state index in [1.807, 2.05) is 6.07 Å². The Morgan fingerprint density at radius 1 is 1.26 bits per heavy atom. The van der Waals surface area contributed by atoms with Gasteiger partial charge in [0.15, 0.2) is 0 Å². The summed E-state index contributed by atoms with van der Waals surface area (Å²) in [5.41, 5.74) is 0. The number of nitrogens with one attached hydrogen (secondary N) is 1. The van der Waals surface area contributed by atoms with Crippen LogP contribution in [0, 0.1) is 5.92 Å². The van der Waals surface area contributed by atoms with Gasteiger partial charge in [-0.2, -0.15) is 0 Å². The minimum absolute atomic E-state index is 0.0783. The first-order valence-corrected chi connectivity index (χ1v) is 9.62. The summed E-state index contributed by atoms with van der Waals surface area (Å²) in [7, 11) is 0. The molecule has 2 fully saturated rings. The number of likely N-dealkylation sites (tertiary alicyclic amines) is 1. The van der Waals surface area contributed by atoms with E-state index in [0.29, 0.717) is 6.04 Å². The zero-order valence-electron chi connectivity index (χ0n) is 13.8. The number of aromatic nitrogens is 1. The molecule has 1 saturated carbocycles. The van der Waals surface area contributed by atoms with Crippen LogP contribution in [-0.4, -0.2) is 41.6 Å². The average Bonchev–Trinajstić information content (AvgIpc) is 3.19. The molecule has 4 nitrogen and oxygen atoms in total. The predicted molar refractivity (Wildman–Crippen MR) is 95.3 cm³/mol. The normalized spacial score (nSPS) is 20.2. The molecule has 1 N–H and O–H groups in total. The fourth-order valence-corrected chi connectivity index (χ4v) is 4.34.